The third-order valence-electron chi connectivity index (χ3n) is 5.32. The Morgan fingerprint density at radius 1 is 1.00 bits per heavy atom. The zero-order valence-corrected chi connectivity index (χ0v) is 18.6. The van der Waals surface area contributed by atoms with E-state index in [0.717, 1.165) is 22.0 Å². The number of hydrogen-bond donors (Lipinski definition) is 1. The molecule has 0 aliphatic rings. The van der Waals surface area contributed by atoms with Gasteiger partial charge in [-0.25, -0.2) is 4.79 Å². The minimum absolute atomic E-state index is 0.316. The normalized spacial score (nSPS) is 11.7. The average molecular weight is 444 g/mol. The summed E-state index contributed by atoms with van der Waals surface area (Å²) >= 11 is 0. The first-order valence-corrected chi connectivity index (χ1v) is 10.6. The molecule has 168 valence electrons. The first-order chi connectivity index (χ1) is 15.9. The van der Waals surface area contributed by atoms with Crippen molar-refractivity contribution in [2.45, 2.75) is 33.5 Å². The summed E-state index contributed by atoms with van der Waals surface area (Å²) < 4.78 is 16.2. The summed E-state index contributed by atoms with van der Waals surface area (Å²) in [4.78, 5) is 25.0. The van der Waals surface area contributed by atoms with Gasteiger partial charge in [0.15, 0.2) is 6.10 Å². The Balaban J connectivity index is 1.32. The molecule has 7 heteroatoms. The highest BCUT2D eigenvalue weighted by molar-refractivity contribution is 5.98. The van der Waals surface area contributed by atoms with Crippen molar-refractivity contribution in [2.75, 3.05) is 5.32 Å². The molecule has 0 aliphatic carbocycles. The lowest BCUT2D eigenvalue weighted by molar-refractivity contribution is -0.123. The fraction of sp³-hybridized carbons (Fsp3) is 0.192. The summed E-state index contributed by atoms with van der Waals surface area (Å²) in [6.45, 7) is 5.53. The van der Waals surface area contributed by atoms with Gasteiger partial charge in [-0.2, -0.15) is 0 Å². The molecule has 1 heterocycles. The third kappa shape index (κ3) is 5.20. The summed E-state index contributed by atoms with van der Waals surface area (Å²) in [5.74, 6) is 0.309. The van der Waals surface area contributed by atoms with Gasteiger partial charge in [0.05, 0.1) is 16.8 Å². The molecule has 1 N–H and O–H groups in total. The van der Waals surface area contributed by atoms with E-state index in [9.17, 15) is 9.59 Å². The number of ether oxygens (including phenoxy) is 2. The number of aromatic nitrogens is 1. The molecule has 3 aromatic carbocycles. The Labute approximate surface area is 191 Å². The number of benzene rings is 3. The second-order valence-electron chi connectivity index (χ2n) is 7.71. The Morgan fingerprint density at radius 2 is 1.73 bits per heavy atom. The van der Waals surface area contributed by atoms with Crippen LogP contribution in [0.5, 0.6) is 5.75 Å². The summed E-state index contributed by atoms with van der Waals surface area (Å²) in [7, 11) is 0. The van der Waals surface area contributed by atoms with Gasteiger partial charge in [-0.1, -0.05) is 35.5 Å². The molecule has 0 saturated carbocycles. The number of hydrogen-bond acceptors (Lipinski definition) is 6. The second-order valence-corrected chi connectivity index (χ2v) is 7.71. The van der Waals surface area contributed by atoms with Crippen LogP contribution in [0.1, 0.15) is 34.3 Å². The van der Waals surface area contributed by atoms with Crippen LogP contribution in [0.3, 0.4) is 0 Å². The molecule has 4 rings (SSSR count). The van der Waals surface area contributed by atoms with Crippen molar-refractivity contribution >= 4 is 28.3 Å². The van der Waals surface area contributed by atoms with Crippen LogP contribution in [0.15, 0.2) is 71.3 Å². The quantitative estimate of drug-likeness (QED) is 0.394. The third-order valence-corrected chi connectivity index (χ3v) is 5.32. The SMILES string of the molecule is Cc1noc(C)c1COc1ccc(C(=O)OC(C)C(=O)Nc2ccc3ccccc3c2)cc1. The van der Waals surface area contributed by atoms with Crippen LogP contribution >= 0.6 is 0 Å². The maximum atomic E-state index is 12.5. The van der Waals surface area contributed by atoms with Crippen LogP contribution in [0.25, 0.3) is 10.8 Å². The lowest BCUT2D eigenvalue weighted by atomic mass is 10.1. The number of carbonyl (C=O) groups is 2. The van der Waals surface area contributed by atoms with Gasteiger partial charge in [-0.3, -0.25) is 4.79 Å². The largest absolute Gasteiger partial charge is 0.489 e. The molecule has 0 aliphatic heterocycles. The summed E-state index contributed by atoms with van der Waals surface area (Å²) in [5, 5.41) is 8.78. The minimum atomic E-state index is -0.959. The standard InChI is InChI=1S/C26H24N2O5/c1-16-24(17(2)33-28-16)15-31-23-12-9-20(10-13-23)26(30)32-18(3)25(29)27-22-11-8-19-6-4-5-7-21(19)14-22/h4-14,18H,15H2,1-3H3,(H,27,29). The monoisotopic (exact) mass is 444 g/mol. The van der Waals surface area contributed by atoms with Crippen LogP contribution in [-0.4, -0.2) is 23.1 Å². The maximum Gasteiger partial charge on any atom is 0.338 e. The molecule has 1 unspecified atom stereocenters. The molecule has 0 fully saturated rings. The molecule has 0 bridgehead atoms. The Bertz CT molecular complexity index is 1270. The lowest BCUT2D eigenvalue weighted by Crippen LogP contribution is -2.30. The molecule has 4 aromatic rings. The molecule has 0 radical (unpaired) electrons. The van der Waals surface area contributed by atoms with E-state index in [0.29, 0.717) is 29.4 Å². The number of nitrogens with one attached hydrogen (secondary N) is 1. The molecule has 1 amide bonds. The highest BCUT2D eigenvalue weighted by Gasteiger charge is 2.19. The lowest BCUT2D eigenvalue weighted by Gasteiger charge is -2.14. The van der Waals surface area contributed by atoms with Crippen LogP contribution in [0.4, 0.5) is 5.69 Å². The number of rotatable bonds is 7. The van der Waals surface area contributed by atoms with Crippen LogP contribution in [-0.2, 0) is 16.1 Å². The van der Waals surface area contributed by atoms with Gasteiger partial charge in [0.25, 0.3) is 5.91 Å². The van der Waals surface area contributed by atoms with Crippen LogP contribution in [0.2, 0.25) is 0 Å². The van der Waals surface area contributed by atoms with Crippen molar-refractivity contribution < 1.29 is 23.6 Å². The highest BCUT2D eigenvalue weighted by Crippen LogP contribution is 2.20. The first-order valence-electron chi connectivity index (χ1n) is 10.6. The van der Waals surface area contributed by atoms with Gasteiger partial charge in [0, 0.05) is 5.69 Å². The van der Waals surface area contributed by atoms with E-state index in [2.05, 4.69) is 10.5 Å². The van der Waals surface area contributed by atoms with Gasteiger partial charge in [-0.15, -0.1) is 0 Å². The van der Waals surface area contributed by atoms with E-state index < -0.39 is 18.0 Å². The molecular weight excluding hydrogens is 420 g/mol. The van der Waals surface area contributed by atoms with Gasteiger partial charge in [-0.05, 0) is 67.9 Å². The van der Waals surface area contributed by atoms with Crippen molar-refractivity contribution in [1.29, 1.82) is 0 Å². The number of nitrogens with zero attached hydrogens (tertiary/aromatic N) is 1. The number of anilines is 1. The Morgan fingerprint density at radius 3 is 2.42 bits per heavy atom. The van der Waals surface area contributed by atoms with Gasteiger partial charge >= 0.3 is 5.97 Å². The molecule has 1 aromatic heterocycles. The number of aryl methyl sites for hydroxylation is 2. The molecule has 0 saturated heterocycles. The number of fused-ring (bicyclic) bond motifs is 1. The zero-order valence-electron chi connectivity index (χ0n) is 18.6. The summed E-state index contributed by atoms with van der Waals surface area (Å²) in [6.07, 6.45) is -0.959. The topological polar surface area (TPSA) is 90.7 Å². The van der Waals surface area contributed by atoms with Crippen molar-refractivity contribution in [2.24, 2.45) is 0 Å². The Hall–Kier alpha value is -4.13. The minimum Gasteiger partial charge on any atom is -0.489 e. The van der Waals surface area contributed by atoms with Crippen molar-refractivity contribution in [3.63, 3.8) is 0 Å². The second kappa shape index (κ2) is 9.56. The van der Waals surface area contributed by atoms with Crippen molar-refractivity contribution in [3.05, 3.63) is 89.3 Å². The number of carbonyl (C=O) groups excluding carboxylic acids is 2. The van der Waals surface area contributed by atoms with E-state index in [1.165, 1.54) is 6.92 Å². The number of amides is 1. The summed E-state index contributed by atoms with van der Waals surface area (Å²) in [5.41, 5.74) is 2.64. The van der Waals surface area contributed by atoms with E-state index in [-0.39, 0.29) is 0 Å². The molecular formula is C26H24N2O5. The van der Waals surface area contributed by atoms with Crippen LogP contribution in [0, 0.1) is 13.8 Å². The maximum absolute atomic E-state index is 12.5. The van der Waals surface area contributed by atoms with Crippen LogP contribution < -0.4 is 10.1 Å². The number of esters is 1. The summed E-state index contributed by atoms with van der Waals surface area (Å²) in [6, 6.07) is 20.0. The molecule has 0 spiro atoms. The van der Waals surface area contributed by atoms with Crippen molar-refractivity contribution in [1.82, 2.24) is 5.16 Å². The van der Waals surface area contributed by atoms with E-state index >= 15 is 0 Å². The van der Waals surface area contributed by atoms with E-state index in [1.807, 2.05) is 56.3 Å². The van der Waals surface area contributed by atoms with Gasteiger partial charge in [0.1, 0.15) is 18.1 Å². The molecule has 33 heavy (non-hydrogen) atoms. The fourth-order valence-electron chi connectivity index (χ4n) is 3.34. The van der Waals surface area contributed by atoms with Crippen molar-refractivity contribution in [3.8, 4) is 5.75 Å². The molecule has 7 nitrogen and oxygen atoms in total. The smallest absolute Gasteiger partial charge is 0.338 e. The highest BCUT2D eigenvalue weighted by atomic mass is 16.5. The predicted molar refractivity (Wildman–Crippen MR) is 124 cm³/mol. The average Bonchev–Trinajstić information content (AvgIpc) is 3.14. The predicted octanol–water partition coefficient (Wildman–Crippen LogP) is 5.21. The molecule has 1 atom stereocenters. The van der Waals surface area contributed by atoms with E-state index in [4.69, 9.17) is 14.0 Å². The van der Waals surface area contributed by atoms with Gasteiger partial charge < -0.3 is 19.3 Å². The zero-order chi connectivity index (χ0) is 23.4. The van der Waals surface area contributed by atoms with Gasteiger partial charge in [0.2, 0.25) is 0 Å². The Kier molecular flexibility index (Phi) is 6.40. The fourth-order valence-corrected chi connectivity index (χ4v) is 3.34. The van der Waals surface area contributed by atoms with E-state index in [1.54, 1.807) is 24.3 Å². The first kappa shape index (κ1) is 22.1.